The second-order valence-electron chi connectivity index (χ2n) is 5.07. The van der Waals surface area contributed by atoms with Gasteiger partial charge in [-0.2, -0.15) is 0 Å². The molecule has 0 saturated heterocycles. The van der Waals surface area contributed by atoms with E-state index in [1.165, 1.54) is 19.3 Å². The zero-order chi connectivity index (χ0) is 13.5. The lowest BCUT2D eigenvalue weighted by Gasteiger charge is -2.38. The first-order chi connectivity index (χ1) is 8.56. The standard InChI is InChI=1S/C13H24N2O2S/c1-10-5-3-4-6-11(10)15(8-7-12(14)18)13(16)9-17-2/h10-11H,3-9H2,1-2H3,(H2,14,18). The van der Waals surface area contributed by atoms with Gasteiger partial charge in [-0.1, -0.05) is 32.0 Å². The fourth-order valence-corrected chi connectivity index (χ4v) is 2.76. The van der Waals surface area contributed by atoms with Crippen LogP contribution in [0.25, 0.3) is 0 Å². The van der Waals surface area contributed by atoms with Gasteiger partial charge in [0, 0.05) is 26.1 Å². The molecule has 1 aliphatic carbocycles. The first kappa shape index (κ1) is 15.4. The van der Waals surface area contributed by atoms with E-state index in [2.05, 4.69) is 6.92 Å². The smallest absolute Gasteiger partial charge is 0.248 e. The normalized spacial score (nSPS) is 23.7. The summed E-state index contributed by atoms with van der Waals surface area (Å²) >= 11 is 4.90. The molecule has 1 amide bonds. The molecule has 1 aliphatic rings. The third-order valence-electron chi connectivity index (χ3n) is 3.65. The van der Waals surface area contributed by atoms with Gasteiger partial charge in [0.1, 0.15) is 6.61 Å². The predicted molar refractivity (Wildman–Crippen MR) is 76.4 cm³/mol. The van der Waals surface area contributed by atoms with E-state index in [4.69, 9.17) is 22.7 Å². The minimum atomic E-state index is 0.0486. The van der Waals surface area contributed by atoms with Gasteiger partial charge in [-0.05, 0) is 18.8 Å². The van der Waals surface area contributed by atoms with E-state index >= 15 is 0 Å². The van der Waals surface area contributed by atoms with Crippen LogP contribution in [0.3, 0.4) is 0 Å². The molecule has 18 heavy (non-hydrogen) atoms. The van der Waals surface area contributed by atoms with Crippen LogP contribution < -0.4 is 5.73 Å². The van der Waals surface area contributed by atoms with Crippen molar-refractivity contribution in [2.24, 2.45) is 11.7 Å². The average Bonchev–Trinajstić information content (AvgIpc) is 2.31. The lowest BCUT2D eigenvalue weighted by atomic mass is 9.84. The van der Waals surface area contributed by atoms with Crippen molar-refractivity contribution in [2.45, 2.75) is 45.1 Å². The van der Waals surface area contributed by atoms with Crippen LogP contribution in [0.1, 0.15) is 39.0 Å². The van der Waals surface area contributed by atoms with E-state index in [9.17, 15) is 4.79 Å². The van der Waals surface area contributed by atoms with E-state index in [0.717, 1.165) is 6.42 Å². The summed E-state index contributed by atoms with van der Waals surface area (Å²) in [6.07, 6.45) is 5.31. The van der Waals surface area contributed by atoms with Crippen LogP contribution in [0.5, 0.6) is 0 Å². The van der Waals surface area contributed by atoms with E-state index in [-0.39, 0.29) is 12.5 Å². The first-order valence-electron chi connectivity index (χ1n) is 6.63. The van der Waals surface area contributed by atoms with Crippen LogP contribution in [0, 0.1) is 5.92 Å². The molecule has 0 aromatic rings. The van der Waals surface area contributed by atoms with Crippen molar-refractivity contribution in [1.82, 2.24) is 4.90 Å². The lowest BCUT2D eigenvalue weighted by molar-refractivity contribution is -0.139. The number of ether oxygens (including phenoxy) is 1. The maximum absolute atomic E-state index is 12.1. The van der Waals surface area contributed by atoms with E-state index < -0.39 is 0 Å². The summed E-state index contributed by atoms with van der Waals surface area (Å²) in [5.41, 5.74) is 5.54. The van der Waals surface area contributed by atoms with Crippen molar-refractivity contribution in [3.63, 3.8) is 0 Å². The Kier molecular flexibility index (Phi) is 6.57. The maximum Gasteiger partial charge on any atom is 0.248 e. The molecule has 5 heteroatoms. The minimum Gasteiger partial charge on any atom is -0.393 e. The SMILES string of the molecule is COCC(=O)N(CCC(N)=S)C1CCCCC1C. The molecular weight excluding hydrogens is 248 g/mol. The van der Waals surface area contributed by atoms with Gasteiger partial charge >= 0.3 is 0 Å². The third kappa shape index (κ3) is 4.53. The lowest BCUT2D eigenvalue weighted by Crippen LogP contribution is -2.47. The Morgan fingerprint density at radius 1 is 1.44 bits per heavy atom. The highest BCUT2D eigenvalue weighted by Gasteiger charge is 2.29. The molecule has 1 rings (SSSR count). The molecule has 0 heterocycles. The Morgan fingerprint density at radius 2 is 2.11 bits per heavy atom. The van der Waals surface area contributed by atoms with Gasteiger partial charge < -0.3 is 15.4 Å². The summed E-state index contributed by atoms with van der Waals surface area (Å²) in [7, 11) is 1.55. The average molecular weight is 272 g/mol. The number of amides is 1. The van der Waals surface area contributed by atoms with Crippen molar-refractivity contribution in [2.75, 3.05) is 20.3 Å². The molecule has 2 N–H and O–H groups in total. The van der Waals surface area contributed by atoms with Crippen molar-refractivity contribution < 1.29 is 9.53 Å². The highest BCUT2D eigenvalue weighted by molar-refractivity contribution is 7.80. The highest BCUT2D eigenvalue weighted by Crippen LogP contribution is 2.28. The molecule has 0 spiro atoms. The molecule has 0 radical (unpaired) electrons. The summed E-state index contributed by atoms with van der Waals surface area (Å²) in [6.45, 7) is 2.98. The van der Waals surface area contributed by atoms with Crippen LogP contribution in [-0.2, 0) is 9.53 Å². The Morgan fingerprint density at radius 3 is 2.67 bits per heavy atom. The molecule has 2 unspecified atom stereocenters. The Labute approximate surface area is 115 Å². The molecule has 4 nitrogen and oxygen atoms in total. The van der Waals surface area contributed by atoms with Gasteiger partial charge in [-0.15, -0.1) is 0 Å². The number of thiocarbonyl (C=S) groups is 1. The van der Waals surface area contributed by atoms with Crippen LogP contribution in [0.2, 0.25) is 0 Å². The molecule has 1 saturated carbocycles. The number of nitrogens with two attached hydrogens (primary N) is 1. The Bertz CT molecular complexity index is 297. The summed E-state index contributed by atoms with van der Waals surface area (Å²) in [5.74, 6) is 0.596. The van der Waals surface area contributed by atoms with Crippen LogP contribution in [0.15, 0.2) is 0 Å². The molecule has 2 atom stereocenters. The van der Waals surface area contributed by atoms with E-state index in [0.29, 0.717) is 29.9 Å². The summed E-state index contributed by atoms with van der Waals surface area (Å²) < 4.78 is 4.96. The van der Waals surface area contributed by atoms with Gasteiger partial charge in [0.25, 0.3) is 0 Å². The summed E-state index contributed by atoms with van der Waals surface area (Å²) in [6, 6.07) is 0.316. The van der Waals surface area contributed by atoms with Gasteiger partial charge in [0.2, 0.25) is 5.91 Å². The van der Waals surface area contributed by atoms with Crippen molar-refractivity contribution in [3.8, 4) is 0 Å². The van der Waals surface area contributed by atoms with E-state index in [1.807, 2.05) is 4.90 Å². The Hall–Kier alpha value is -0.680. The fourth-order valence-electron chi connectivity index (χ4n) is 2.67. The van der Waals surface area contributed by atoms with E-state index in [1.54, 1.807) is 7.11 Å². The number of carbonyl (C=O) groups excluding carboxylic acids is 1. The van der Waals surface area contributed by atoms with Crippen molar-refractivity contribution in [3.05, 3.63) is 0 Å². The predicted octanol–water partition coefficient (Wildman–Crippen LogP) is 1.72. The third-order valence-corrected chi connectivity index (χ3v) is 3.86. The largest absolute Gasteiger partial charge is 0.393 e. The van der Waals surface area contributed by atoms with Gasteiger partial charge in [-0.3, -0.25) is 4.79 Å². The zero-order valence-electron chi connectivity index (χ0n) is 11.4. The topological polar surface area (TPSA) is 55.6 Å². The quantitative estimate of drug-likeness (QED) is 0.748. The van der Waals surface area contributed by atoms with Gasteiger partial charge in [0.15, 0.2) is 0 Å². The summed E-state index contributed by atoms with van der Waals surface area (Å²) in [4.78, 5) is 14.5. The molecule has 1 fully saturated rings. The minimum absolute atomic E-state index is 0.0486. The molecule has 0 aromatic heterocycles. The van der Waals surface area contributed by atoms with Crippen molar-refractivity contribution in [1.29, 1.82) is 0 Å². The second-order valence-corrected chi connectivity index (χ2v) is 5.59. The molecule has 0 aromatic carbocycles. The molecule has 0 aliphatic heterocycles. The number of carbonyl (C=O) groups is 1. The molecule has 104 valence electrons. The number of hydrogen-bond donors (Lipinski definition) is 1. The highest BCUT2D eigenvalue weighted by atomic mass is 32.1. The van der Waals surface area contributed by atoms with Gasteiger partial charge in [-0.25, -0.2) is 0 Å². The number of hydrogen-bond acceptors (Lipinski definition) is 3. The molecular formula is C13H24N2O2S. The fraction of sp³-hybridized carbons (Fsp3) is 0.846. The molecule has 0 bridgehead atoms. The van der Waals surface area contributed by atoms with Crippen LogP contribution >= 0.6 is 12.2 Å². The number of nitrogens with zero attached hydrogens (tertiary/aromatic N) is 1. The van der Waals surface area contributed by atoms with Crippen LogP contribution in [0.4, 0.5) is 0 Å². The van der Waals surface area contributed by atoms with Gasteiger partial charge in [0.05, 0.1) is 4.99 Å². The number of methoxy groups -OCH3 is 1. The monoisotopic (exact) mass is 272 g/mol. The van der Waals surface area contributed by atoms with Crippen molar-refractivity contribution >= 4 is 23.1 Å². The Balaban J connectivity index is 2.67. The summed E-state index contributed by atoms with van der Waals surface area (Å²) in [5, 5.41) is 0. The first-order valence-corrected chi connectivity index (χ1v) is 7.03. The number of rotatable bonds is 6. The zero-order valence-corrected chi connectivity index (χ0v) is 12.2. The second kappa shape index (κ2) is 7.69. The maximum atomic E-state index is 12.1. The van der Waals surface area contributed by atoms with Crippen LogP contribution in [-0.4, -0.2) is 42.1 Å².